The number of aliphatic carboxylic acids is 2. The molecule has 4 aliphatic carbocycles. The number of esters is 1. The zero-order chi connectivity index (χ0) is 29.5. The summed E-state index contributed by atoms with van der Waals surface area (Å²) in [5.74, 6) is -4.08. The van der Waals surface area contributed by atoms with Crippen LogP contribution < -0.4 is 5.32 Å². The molecular formula is C29H39NO10. The molecule has 4 N–H and O–H groups in total. The Hall–Kier alpha value is -3.08. The van der Waals surface area contributed by atoms with Crippen LogP contribution >= 0.6 is 0 Å². The molecule has 4 rings (SSSR count). The van der Waals surface area contributed by atoms with Gasteiger partial charge in [0.15, 0.2) is 12.4 Å². The van der Waals surface area contributed by atoms with Crippen molar-refractivity contribution in [3.8, 4) is 0 Å². The molecule has 0 heterocycles. The first kappa shape index (κ1) is 29.9. The highest BCUT2D eigenvalue weighted by Gasteiger charge is 2.66. The second-order valence-electron chi connectivity index (χ2n) is 12.5. The van der Waals surface area contributed by atoms with Crippen molar-refractivity contribution in [1.82, 2.24) is 5.32 Å². The molecule has 3 fully saturated rings. The third-order valence-electron chi connectivity index (χ3n) is 10.5. The lowest BCUT2D eigenvalue weighted by atomic mass is 9.46. The highest BCUT2D eigenvalue weighted by atomic mass is 16.5. The molecule has 1 amide bonds. The van der Waals surface area contributed by atoms with E-state index in [1.54, 1.807) is 0 Å². The van der Waals surface area contributed by atoms with Gasteiger partial charge in [-0.05, 0) is 74.2 Å². The van der Waals surface area contributed by atoms with Crippen LogP contribution in [0.5, 0.6) is 0 Å². The first-order chi connectivity index (χ1) is 18.7. The monoisotopic (exact) mass is 561 g/mol. The Morgan fingerprint density at radius 2 is 1.70 bits per heavy atom. The number of carbonyl (C=O) groups excluding carboxylic acids is 4. The molecule has 0 bridgehead atoms. The van der Waals surface area contributed by atoms with Gasteiger partial charge in [-0.2, -0.15) is 0 Å². The smallest absolute Gasteiger partial charge is 0.326 e. The van der Waals surface area contributed by atoms with Crippen molar-refractivity contribution in [3.63, 3.8) is 0 Å². The van der Waals surface area contributed by atoms with Crippen LogP contribution in [-0.2, 0) is 33.5 Å². The molecule has 0 saturated heterocycles. The number of fused-ring (bicyclic) bond motifs is 5. The van der Waals surface area contributed by atoms with E-state index in [0.29, 0.717) is 31.1 Å². The summed E-state index contributed by atoms with van der Waals surface area (Å²) in [5.41, 5.74) is -1.07. The van der Waals surface area contributed by atoms with E-state index in [0.717, 1.165) is 25.7 Å². The van der Waals surface area contributed by atoms with Crippen molar-refractivity contribution in [1.29, 1.82) is 0 Å². The Morgan fingerprint density at radius 3 is 2.38 bits per heavy atom. The average Bonchev–Trinajstić information content (AvgIpc) is 3.17. The number of aliphatic hydroxyl groups is 1. The number of hydrogen-bond acceptors (Lipinski definition) is 8. The predicted molar refractivity (Wildman–Crippen MR) is 139 cm³/mol. The molecule has 0 aliphatic heterocycles. The molecule has 0 aromatic rings. The van der Waals surface area contributed by atoms with E-state index >= 15 is 0 Å². The number of ether oxygens (including phenoxy) is 1. The number of carbonyl (C=O) groups is 6. The maximum absolute atomic E-state index is 13.3. The summed E-state index contributed by atoms with van der Waals surface area (Å²) < 4.78 is 5.10. The molecule has 3 saturated carbocycles. The van der Waals surface area contributed by atoms with E-state index in [1.165, 1.54) is 5.57 Å². The summed E-state index contributed by atoms with van der Waals surface area (Å²) >= 11 is 0. The SMILES string of the molecule is CC12CCC(=O)C=C1CCC1C2CCC2(C)C1CCC2(O)C(=O)COC(=O)CCC(=O)NC(CC(=O)O)C(=O)O. The van der Waals surface area contributed by atoms with E-state index in [9.17, 15) is 33.9 Å². The van der Waals surface area contributed by atoms with Gasteiger partial charge in [0, 0.05) is 18.3 Å². The van der Waals surface area contributed by atoms with Crippen LogP contribution in [0.1, 0.15) is 84.5 Å². The molecular weight excluding hydrogens is 522 g/mol. The number of amides is 1. The minimum atomic E-state index is -1.63. The fourth-order valence-electron chi connectivity index (χ4n) is 8.23. The van der Waals surface area contributed by atoms with E-state index in [1.807, 2.05) is 18.3 Å². The first-order valence-corrected chi connectivity index (χ1v) is 14.1. The topological polar surface area (TPSA) is 184 Å². The number of carboxylic acid groups (broad SMARTS) is 2. The second kappa shape index (κ2) is 11.1. The molecule has 40 heavy (non-hydrogen) atoms. The Balaban J connectivity index is 1.33. The normalized spacial score (nSPS) is 35.3. The van der Waals surface area contributed by atoms with Gasteiger partial charge < -0.3 is 25.4 Å². The number of Topliss-reactive ketones (excluding diaryl/α,β-unsaturated/α-hetero) is 1. The predicted octanol–water partition coefficient (Wildman–Crippen LogP) is 2.19. The number of carboxylic acids is 2. The van der Waals surface area contributed by atoms with Crippen LogP contribution in [0.15, 0.2) is 11.6 Å². The Morgan fingerprint density at radius 1 is 1.00 bits per heavy atom. The van der Waals surface area contributed by atoms with Crippen molar-refractivity contribution in [2.45, 2.75) is 96.1 Å². The Labute approximate surface area is 232 Å². The molecule has 220 valence electrons. The van der Waals surface area contributed by atoms with Gasteiger partial charge in [-0.3, -0.25) is 24.0 Å². The highest BCUT2D eigenvalue weighted by Crippen LogP contribution is 2.67. The fraction of sp³-hybridized carbons (Fsp3) is 0.724. The summed E-state index contributed by atoms with van der Waals surface area (Å²) in [7, 11) is 0. The number of hydrogen-bond donors (Lipinski definition) is 4. The van der Waals surface area contributed by atoms with Crippen molar-refractivity contribution in [2.75, 3.05) is 6.61 Å². The molecule has 0 radical (unpaired) electrons. The van der Waals surface area contributed by atoms with Gasteiger partial charge in [-0.15, -0.1) is 0 Å². The molecule has 0 spiro atoms. The number of allylic oxidation sites excluding steroid dienone is 1. The minimum Gasteiger partial charge on any atom is -0.481 e. The molecule has 7 atom stereocenters. The highest BCUT2D eigenvalue weighted by molar-refractivity contribution is 5.92. The van der Waals surface area contributed by atoms with Crippen LogP contribution in [0.3, 0.4) is 0 Å². The van der Waals surface area contributed by atoms with E-state index in [2.05, 4.69) is 6.92 Å². The van der Waals surface area contributed by atoms with Crippen molar-refractivity contribution in [3.05, 3.63) is 11.6 Å². The lowest BCUT2D eigenvalue weighted by Gasteiger charge is -2.58. The third-order valence-corrected chi connectivity index (χ3v) is 10.5. The molecule has 4 aliphatic rings. The summed E-state index contributed by atoms with van der Waals surface area (Å²) in [6, 6.07) is -1.63. The molecule has 11 heteroatoms. The lowest BCUT2D eigenvalue weighted by Crippen LogP contribution is -2.58. The Kier molecular flexibility index (Phi) is 8.27. The largest absolute Gasteiger partial charge is 0.481 e. The van der Waals surface area contributed by atoms with Gasteiger partial charge in [-0.1, -0.05) is 19.4 Å². The zero-order valence-electron chi connectivity index (χ0n) is 23.1. The number of nitrogens with one attached hydrogen (secondary N) is 1. The second-order valence-corrected chi connectivity index (χ2v) is 12.5. The summed E-state index contributed by atoms with van der Waals surface area (Å²) in [4.78, 5) is 71.4. The average molecular weight is 562 g/mol. The van der Waals surface area contributed by atoms with E-state index in [-0.39, 0.29) is 23.5 Å². The maximum atomic E-state index is 13.3. The van der Waals surface area contributed by atoms with Gasteiger partial charge in [0.25, 0.3) is 0 Å². The minimum absolute atomic E-state index is 0.0250. The summed E-state index contributed by atoms with van der Waals surface area (Å²) in [5, 5.41) is 31.5. The van der Waals surface area contributed by atoms with Crippen molar-refractivity contribution < 1.29 is 48.8 Å². The maximum Gasteiger partial charge on any atom is 0.326 e. The van der Waals surface area contributed by atoms with Crippen LogP contribution in [0.2, 0.25) is 0 Å². The quantitative estimate of drug-likeness (QED) is 0.288. The van der Waals surface area contributed by atoms with Gasteiger partial charge in [0.05, 0.1) is 12.8 Å². The standard InChI is InChI=1S/C29H39NO10/c1-27-10-7-17(31)13-16(27)3-4-18-19(27)8-11-28(2)20(18)9-12-29(28,39)22(32)15-40-25(36)6-5-23(33)30-21(26(37)38)14-24(34)35/h13,18-21,39H,3-12,14-15H2,1-2H3,(H,30,33)(H,34,35)(H,37,38). The van der Waals surface area contributed by atoms with Crippen LogP contribution in [0.25, 0.3) is 0 Å². The Bertz CT molecular complexity index is 1150. The lowest BCUT2D eigenvalue weighted by molar-refractivity contribution is -0.170. The molecule has 7 unspecified atom stereocenters. The first-order valence-electron chi connectivity index (χ1n) is 14.1. The zero-order valence-corrected chi connectivity index (χ0v) is 23.1. The molecule has 0 aromatic heterocycles. The van der Waals surface area contributed by atoms with Gasteiger partial charge in [0.1, 0.15) is 11.6 Å². The van der Waals surface area contributed by atoms with Crippen LogP contribution in [0.4, 0.5) is 0 Å². The van der Waals surface area contributed by atoms with E-state index < -0.39 is 72.5 Å². The van der Waals surface area contributed by atoms with Crippen LogP contribution in [0, 0.1) is 28.6 Å². The van der Waals surface area contributed by atoms with Gasteiger partial charge in [-0.25, -0.2) is 4.79 Å². The van der Waals surface area contributed by atoms with E-state index in [4.69, 9.17) is 14.9 Å². The number of rotatable bonds is 10. The molecule has 11 nitrogen and oxygen atoms in total. The summed E-state index contributed by atoms with van der Waals surface area (Å²) in [6.07, 6.45) is 5.85. The van der Waals surface area contributed by atoms with Crippen molar-refractivity contribution in [2.24, 2.45) is 28.6 Å². The number of ketones is 2. The van der Waals surface area contributed by atoms with Crippen molar-refractivity contribution >= 4 is 35.4 Å². The third kappa shape index (κ3) is 5.32. The summed E-state index contributed by atoms with van der Waals surface area (Å²) in [6.45, 7) is 3.61. The van der Waals surface area contributed by atoms with Gasteiger partial charge in [0.2, 0.25) is 11.7 Å². The molecule has 0 aromatic carbocycles. The fourth-order valence-corrected chi connectivity index (χ4v) is 8.23. The van der Waals surface area contributed by atoms with Gasteiger partial charge >= 0.3 is 17.9 Å². The van der Waals surface area contributed by atoms with Crippen LogP contribution in [-0.4, -0.2) is 69.0 Å².